The van der Waals surface area contributed by atoms with E-state index in [1.54, 1.807) is 13.8 Å². The normalized spacial score (nSPS) is 11.3. The van der Waals surface area contributed by atoms with Gasteiger partial charge in [0, 0.05) is 6.54 Å². The summed E-state index contributed by atoms with van der Waals surface area (Å²) in [5.41, 5.74) is 4.19. The second kappa shape index (κ2) is 10.4. The summed E-state index contributed by atoms with van der Waals surface area (Å²) in [7, 11) is 0. The molecule has 0 saturated carbocycles. The van der Waals surface area contributed by atoms with E-state index in [0.717, 1.165) is 12.0 Å². The number of aromatic amines is 1. The number of anilines is 2. The molecule has 180 valence electrons. The smallest absolute Gasteiger partial charge is 0.330 e. The van der Waals surface area contributed by atoms with Crippen LogP contribution in [-0.2, 0) is 11.3 Å². The quantitative estimate of drug-likeness (QED) is 0.501. The molecular formula is C25H29FN4O4. The van der Waals surface area contributed by atoms with Crippen LogP contribution < -0.4 is 26.6 Å². The Morgan fingerprint density at radius 1 is 1.12 bits per heavy atom. The molecule has 2 aromatic carbocycles. The monoisotopic (exact) mass is 468 g/mol. The van der Waals surface area contributed by atoms with Crippen molar-refractivity contribution in [2.75, 3.05) is 17.2 Å². The Hall–Kier alpha value is -3.88. The fourth-order valence-corrected chi connectivity index (χ4v) is 3.56. The summed E-state index contributed by atoms with van der Waals surface area (Å²) in [6, 6.07) is 14.5. The number of ether oxygens (including phenoxy) is 1. The molecule has 0 bridgehead atoms. The Bertz CT molecular complexity index is 1250. The van der Waals surface area contributed by atoms with Gasteiger partial charge in [-0.2, -0.15) is 0 Å². The van der Waals surface area contributed by atoms with E-state index in [0.29, 0.717) is 12.2 Å². The number of hydrogen-bond donors (Lipinski definition) is 2. The summed E-state index contributed by atoms with van der Waals surface area (Å²) in [5.74, 6) is -0.765. The first-order chi connectivity index (χ1) is 16.1. The van der Waals surface area contributed by atoms with Crippen molar-refractivity contribution in [3.8, 4) is 5.75 Å². The van der Waals surface area contributed by atoms with Crippen LogP contribution in [0.25, 0.3) is 0 Å². The van der Waals surface area contributed by atoms with Gasteiger partial charge in [0.2, 0.25) is 0 Å². The molecule has 0 fully saturated rings. The van der Waals surface area contributed by atoms with Crippen molar-refractivity contribution in [1.82, 2.24) is 9.55 Å². The molecule has 0 unspecified atom stereocenters. The summed E-state index contributed by atoms with van der Waals surface area (Å²) in [6.07, 6.45) is 1.35. The highest BCUT2D eigenvalue weighted by Gasteiger charge is 2.37. The van der Waals surface area contributed by atoms with Gasteiger partial charge in [-0.1, -0.05) is 43.7 Å². The average molecular weight is 469 g/mol. The predicted octanol–water partition coefficient (Wildman–Crippen LogP) is 3.30. The van der Waals surface area contributed by atoms with E-state index in [9.17, 15) is 18.8 Å². The molecule has 3 aromatic rings. The van der Waals surface area contributed by atoms with E-state index in [1.807, 2.05) is 37.3 Å². The van der Waals surface area contributed by atoms with Gasteiger partial charge in [0.1, 0.15) is 17.4 Å². The third-order valence-corrected chi connectivity index (χ3v) is 5.35. The van der Waals surface area contributed by atoms with E-state index in [-0.39, 0.29) is 24.6 Å². The summed E-state index contributed by atoms with van der Waals surface area (Å²) >= 11 is 0. The first-order valence-corrected chi connectivity index (χ1v) is 11.1. The summed E-state index contributed by atoms with van der Waals surface area (Å²) < 4.78 is 20.4. The largest absolute Gasteiger partial charge is 0.478 e. The second-order valence-electron chi connectivity index (χ2n) is 8.44. The lowest BCUT2D eigenvalue weighted by atomic mass is 10.1. The predicted molar refractivity (Wildman–Crippen MR) is 130 cm³/mol. The Morgan fingerprint density at radius 2 is 1.76 bits per heavy atom. The van der Waals surface area contributed by atoms with Crippen molar-refractivity contribution in [3.05, 3.63) is 86.8 Å². The maximum atomic E-state index is 13.6. The van der Waals surface area contributed by atoms with Crippen molar-refractivity contribution in [1.29, 1.82) is 0 Å². The van der Waals surface area contributed by atoms with E-state index in [2.05, 4.69) is 4.98 Å². The molecule has 3 N–H and O–H groups in total. The minimum Gasteiger partial charge on any atom is -0.478 e. The molecule has 0 aliphatic rings. The van der Waals surface area contributed by atoms with Crippen LogP contribution >= 0.6 is 0 Å². The number of aromatic nitrogens is 2. The van der Waals surface area contributed by atoms with Crippen LogP contribution in [0.5, 0.6) is 5.75 Å². The molecule has 0 aliphatic heterocycles. The van der Waals surface area contributed by atoms with Gasteiger partial charge in [0.25, 0.3) is 11.5 Å². The van der Waals surface area contributed by atoms with Crippen molar-refractivity contribution in [2.24, 2.45) is 0 Å². The summed E-state index contributed by atoms with van der Waals surface area (Å²) in [6.45, 7) is 5.39. The number of nitrogens with one attached hydrogen (secondary N) is 1. The number of carbonyl (C=O) groups is 1. The van der Waals surface area contributed by atoms with Gasteiger partial charge in [-0.05, 0) is 50.1 Å². The van der Waals surface area contributed by atoms with Gasteiger partial charge in [-0.25, -0.2) is 9.18 Å². The zero-order valence-electron chi connectivity index (χ0n) is 19.5. The van der Waals surface area contributed by atoms with E-state index in [1.165, 1.54) is 33.7 Å². The van der Waals surface area contributed by atoms with Gasteiger partial charge < -0.3 is 15.4 Å². The van der Waals surface area contributed by atoms with Crippen molar-refractivity contribution >= 4 is 17.4 Å². The molecule has 1 amide bonds. The molecular weight excluding hydrogens is 439 g/mol. The fourth-order valence-electron chi connectivity index (χ4n) is 3.56. The van der Waals surface area contributed by atoms with Gasteiger partial charge in [-0.3, -0.25) is 19.1 Å². The number of nitrogen functional groups attached to an aromatic ring is 1. The SMILES string of the molecule is CCCCN(C(=O)C(C)(C)Oc1ccc(F)cc1)c1c(N)n(Cc2ccccc2)c(=O)[nH]c1=O. The number of benzene rings is 2. The molecule has 1 aromatic heterocycles. The molecule has 34 heavy (non-hydrogen) atoms. The van der Waals surface area contributed by atoms with Gasteiger partial charge in [0.05, 0.1) is 6.54 Å². The van der Waals surface area contributed by atoms with Gasteiger partial charge in [0.15, 0.2) is 11.3 Å². The Kier molecular flexibility index (Phi) is 7.55. The molecule has 1 heterocycles. The molecule has 0 radical (unpaired) electrons. The van der Waals surface area contributed by atoms with E-state index in [4.69, 9.17) is 10.5 Å². The third-order valence-electron chi connectivity index (χ3n) is 5.35. The molecule has 0 aliphatic carbocycles. The first kappa shape index (κ1) is 24.8. The standard InChI is InChI=1S/C25H29FN4O4/c1-4-5-15-29(23(32)25(2,3)34-19-13-11-18(26)12-14-19)20-21(27)30(24(33)28-22(20)31)16-17-9-7-6-8-10-17/h6-14H,4-5,15-16,27H2,1-3H3,(H,28,31,33). The van der Waals surface area contributed by atoms with Crippen LogP contribution in [0.1, 0.15) is 39.2 Å². The van der Waals surface area contributed by atoms with Crippen LogP contribution in [0.4, 0.5) is 15.9 Å². The Labute approximate surface area is 196 Å². The molecule has 3 rings (SSSR count). The average Bonchev–Trinajstić information content (AvgIpc) is 2.80. The zero-order valence-corrected chi connectivity index (χ0v) is 19.5. The maximum Gasteiger partial charge on any atom is 0.330 e. The summed E-state index contributed by atoms with van der Waals surface area (Å²) in [5, 5.41) is 0. The Morgan fingerprint density at radius 3 is 2.38 bits per heavy atom. The van der Waals surface area contributed by atoms with Crippen molar-refractivity contribution in [3.63, 3.8) is 0 Å². The van der Waals surface area contributed by atoms with Crippen LogP contribution in [0.3, 0.4) is 0 Å². The number of nitrogens with zero attached hydrogens (tertiary/aromatic N) is 2. The molecule has 0 saturated heterocycles. The highest BCUT2D eigenvalue weighted by atomic mass is 19.1. The van der Waals surface area contributed by atoms with Crippen LogP contribution in [0, 0.1) is 5.82 Å². The minimum atomic E-state index is -1.41. The maximum absolute atomic E-state index is 13.6. The van der Waals surface area contributed by atoms with Crippen LogP contribution in [0.15, 0.2) is 64.2 Å². The van der Waals surface area contributed by atoms with Crippen molar-refractivity contribution in [2.45, 2.75) is 45.8 Å². The highest BCUT2D eigenvalue weighted by Crippen LogP contribution is 2.25. The number of unbranched alkanes of at least 4 members (excludes halogenated alkanes) is 1. The minimum absolute atomic E-state index is 0.107. The van der Waals surface area contributed by atoms with Crippen molar-refractivity contribution < 1.29 is 13.9 Å². The van der Waals surface area contributed by atoms with E-state index >= 15 is 0 Å². The number of hydrogen-bond acceptors (Lipinski definition) is 5. The van der Waals surface area contributed by atoms with Crippen LogP contribution in [-0.4, -0.2) is 27.6 Å². The molecule has 0 atom stereocenters. The summed E-state index contributed by atoms with van der Waals surface area (Å²) in [4.78, 5) is 42.6. The number of halogens is 1. The van der Waals surface area contributed by atoms with Crippen LogP contribution in [0.2, 0.25) is 0 Å². The number of rotatable bonds is 9. The number of carbonyl (C=O) groups excluding carboxylic acids is 1. The lowest BCUT2D eigenvalue weighted by Gasteiger charge is -2.32. The lowest BCUT2D eigenvalue weighted by molar-refractivity contribution is -0.131. The zero-order chi connectivity index (χ0) is 24.9. The number of amides is 1. The third kappa shape index (κ3) is 5.54. The van der Waals surface area contributed by atoms with Gasteiger partial charge >= 0.3 is 5.69 Å². The molecule has 0 spiro atoms. The number of H-pyrrole nitrogens is 1. The topological polar surface area (TPSA) is 110 Å². The van der Waals surface area contributed by atoms with E-state index < -0.39 is 28.6 Å². The second-order valence-corrected chi connectivity index (χ2v) is 8.44. The fraction of sp³-hybridized carbons (Fsp3) is 0.320. The molecule has 9 heteroatoms. The number of nitrogens with two attached hydrogens (primary N) is 1. The first-order valence-electron chi connectivity index (χ1n) is 11.1. The highest BCUT2D eigenvalue weighted by molar-refractivity contribution is 6.00. The van der Waals surface area contributed by atoms with Gasteiger partial charge in [-0.15, -0.1) is 0 Å². The Balaban J connectivity index is 2.03. The molecule has 8 nitrogen and oxygen atoms in total. The lowest BCUT2D eigenvalue weighted by Crippen LogP contribution is -2.52.